The molecule has 0 spiro atoms. The normalized spacial score (nSPS) is 15.7. The molecule has 6 nitrogen and oxygen atoms in total. The first-order valence-electron chi connectivity index (χ1n) is 12.5. The lowest BCUT2D eigenvalue weighted by Gasteiger charge is -2.34. The van der Waals surface area contributed by atoms with Crippen molar-refractivity contribution in [3.63, 3.8) is 0 Å². The van der Waals surface area contributed by atoms with E-state index in [1.54, 1.807) is 12.4 Å². The first kappa shape index (κ1) is 23.6. The second kappa shape index (κ2) is 9.96. The Morgan fingerprint density at radius 2 is 1.62 bits per heavy atom. The van der Waals surface area contributed by atoms with Crippen molar-refractivity contribution in [2.75, 3.05) is 26.2 Å². The quantitative estimate of drug-likeness (QED) is 0.341. The molecule has 0 radical (unpaired) electrons. The topological polar surface area (TPSA) is 66.7 Å². The fourth-order valence-electron chi connectivity index (χ4n) is 5.17. The average Bonchev–Trinajstić information content (AvgIpc) is 3.54. The van der Waals surface area contributed by atoms with Crippen molar-refractivity contribution < 1.29 is 14.0 Å². The first-order valence-corrected chi connectivity index (χ1v) is 12.9. The van der Waals surface area contributed by atoms with Gasteiger partial charge >= 0.3 is 0 Å². The Bertz CT molecular complexity index is 1460. The number of furan rings is 1. The van der Waals surface area contributed by atoms with Gasteiger partial charge in [0.05, 0.1) is 0 Å². The lowest BCUT2D eigenvalue weighted by atomic mass is 9.99. The smallest absolute Gasteiger partial charge is 0.289 e. The second-order valence-corrected chi connectivity index (χ2v) is 10.0. The van der Waals surface area contributed by atoms with Gasteiger partial charge in [-0.25, -0.2) is 0 Å². The van der Waals surface area contributed by atoms with Gasteiger partial charge in [-0.2, -0.15) is 0 Å². The van der Waals surface area contributed by atoms with E-state index in [9.17, 15) is 9.59 Å². The molecule has 186 valence electrons. The van der Waals surface area contributed by atoms with E-state index in [1.807, 2.05) is 65.6 Å². The van der Waals surface area contributed by atoms with E-state index >= 15 is 0 Å². The Morgan fingerprint density at radius 1 is 0.865 bits per heavy atom. The zero-order valence-electron chi connectivity index (χ0n) is 20.3. The zero-order valence-corrected chi connectivity index (χ0v) is 21.1. The summed E-state index contributed by atoms with van der Waals surface area (Å²) in [5.74, 6) is 1.04. The number of ketones is 1. The molecule has 0 N–H and O–H groups in total. The molecule has 2 aromatic heterocycles. The monoisotopic (exact) mass is 511 g/mol. The van der Waals surface area contributed by atoms with Crippen LogP contribution in [0.2, 0.25) is 5.02 Å². The van der Waals surface area contributed by atoms with E-state index < -0.39 is 0 Å². The minimum absolute atomic E-state index is 0.107. The number of amides is 1. The molecule has 0 unspecified atom stereocenters. The standard InChI is InChI=1S/C30H26ClN3O3/c31-24-5-1-20(2-6-24)19-33-13-15-34(16-14-33)30(36)28-18-26(21-9-11-32-12-10-21)29(37-28)23-3-7-25-22(17-23)4-8-27(25)35/h1-3,5-7,9-12,17-18H,4,8,13-16,19H2. The van der Waals surface area contributed by atoms with Gasteiger partial charge in [0.25, 0.3) is 5.91 Å². The first-order chi connectivity index (χ1) is 18.0. The second-order valence-electron chi connectivity index (χ2n) is 9.58. The number of aryl methyl sites for hydroxylation is 1. The number of halogens is 1. The molecule has 3 heterocycles. The minimum atomic E-state index is -0.107. The summed E-state index contributed by atoms with van der Waals surface area (Å²) in [5.41, 5.74) is 5.66. The van der Waals surface area contributed by atoms with Crippen LogP contribution in [0, 0.1) is 0 Å². The van der Waals surface area contributed by atoms with E-state index in [-0.39, 0.29) is 11.7 Å². The number of carbonyl (C=O) groups is 2. The fourth-order valence-corrected chi connectivity index (χ4v) is 5.29. The van der Waals surface area contributed by atoms with Gasteiger partial charge in [-0.3, -0.25) is 19.5 Å². The Kier molecular flexibility index (Phi) is 6.37. The molecule has 1 aliphatic carbocycles. The van der Waals surface area contributed by atoms with E-state index in [0.29, 0.717) is 31.0 Å². The van der Waals surface area contributed by atoms with Crippen LogP contribution in [0.4, 0.5) is 0 Å². The highest BCUT2D eigenvalue weighted by atomic mass is 35.5. The molecule has 7 heteroatoms. The largest absolute Gasteiger partial charge is 0.450 e. The highest BCUT2D eigenvalue weighted by Gasteiger charge is 2.27. The Morgan fingerprint density at radius 3 is 2.38 bits per heavy atom. The molecule has 37 heavy (non-hydrogen) atoms. The van der Waals surface area contributed by atoms with Gasteiger partial charge in [0.2, 0.25) is 0 Å². The Labute approximate surface area is 220 Å². The summed E-state index contributed by atoms with van der Waals surface area (Å²) in [5, 5.41) is 0.733. The molecule has 0 bridgehead atoms. The molecule has 6 rings (SSSR count). The molecule has 4 aromatic rings. The predicted molar refractivity (Wildman–Crippen MR) is 143 cm³/mol. The van der Waals surface area contributed by atoms with Crippen molar-refractivity contribution >= 4 is 23.3 Å². The van der Waals surface area contributed by atoms with Crippen LogP contribution in [-0.4, -0.2) is 52.7 Å². The average molecular weight is 512 g/mol. The third-order valence-electron chi connectivity index (χ3n) is 7.20. The fraction of sp³-hybridized carbons (Fsp3) is 0.233. The number of aromatic nitrogens is 1. The highest BCUT2D eigenvalue weighted by Crippen LogP contribution is 2.37. The van der Waals surface area contributed by atoms with Crippen molar-refractivity contribution in [3.8, 4) is 22.5 Å². The van der Waals surface area contributed by atoms with Crippen LogP contribution in [0.3, 0.4) is 0 Å². The van der Waals surface area contributed by atoms with Crippen LogP contribution >= 0.6 is 11.6 Å². The molecule has 1 fully saturated rings. The molecular formula is C30H26ClN3O3. The number of Topliss-reactive ketones (excluding diaryl/α,β-unsaturated/α-hetero) is 1. The van der Waals surface area contributed by atoms with Crippen LogP contribution in [0.15, 0.2) is 77.5 Å². The third-order valence-corrected chi connectivity index (χ3v) is 7.45. The SMILES string of the molecule is O=C1CCc2cc(-c3oc(C(=O)N4CCN(Cc5ccc(Cl)cc5)CC4)cc3-c3ccncc3)ccc21. The van der Waals surface area contributed by atoms with Gasteiger partial charge in [0.1, 0.15) is 5.76 Å². The van der Waals surface area contributed by atoms with E-state index in [1.165, 1.54) is 5.56 Å². The molecule has 0 saturated carbocycles. The third kappa shape index (κ3) is 4.82. The van der Waals surface area contributed by atoms with Crippen molar-refractivity contribution in [2.45, 2.75) is 19.4 Å². The Balaban J connectivity index is 1.23. The van der Waals surface area contributed by atoms with Crippen molar-refractivity contribution in [1.82, 2.24) is 14.8 Å². The predicted octanol–water partition coefficient (Wildman–Crippen LogP) is 5.75. The van der Waals surface area contributed by atoms with Gasteiger partial charge in [0, 0.05) is 73.3 Å². The number of carbonyl (C=O) groups excluding carboxylic acids is 2. The lowest BCUT2D eigenvalue weighted by Crippen LogP contribution is -2.48. The van der Waals surface area contributed by atoms with Crippen LogP contribution in [0.25, 0.3) is 22.5 Å². The van der Waals surface area contributed by atoms with E-state index in [2.05, 4.69) is 9.88 Å². The zero-order chi connectivity index (χ0) is 25.4. The van der Waals surface area contributed by atoms with E-state index in [4.69, 9.17) is 16.0 Å². The summed E-state index contributed by atoms with van der Waals surface area (Å²) in [6.07, 6.45) is 4.74. The summed E-state index contributed by atoms with van der Waals surface area (Å²) >= 11 is 6.00. The molecule has 1 aliphatic heterocycles. The highest BCUT2D eigenvalue weighted by molar-refractivity contribution is 6.30. The summed E-state index contributed by atoms with van der Waals surface area (Å²) in [4.78, 5) is 34.0. The maximum atomic E-state index is 13.5. The minimum Gasteiger partial charge on any atom is -0.450 e. The van der Waals surface area contributed by atoms with Crippen LogP contribution in [0.1, 0.15) is 38.5 Å². The molecule has 0 atom stereocenters. The Hall–Kier alpha value is -3.74. The van der Waals surface area contributed by atoms with Gasteiger partial charge in [-0.15, -0.1) is 0 Å². The van der Waals surface area contributed by atoms with Gasteiger partial charge in [-0.1, -0.05) is 35.9 Å². The number of pyridine rings is 1. The maximum absolute atomic E-state index is 13.5. The number of hydrogen-bond acceptors (Lipinski definition) is 5. The van der Waals surface area contributed by atoms with Crippen molar-refractivity contribution in [2.24, 2.45) is 0 Å². The van der Waals surface area contributed by atoms with Gasteiger partial charge in [0.15, 0.2) is 11.5 Å². The van der Waals surface area contributed by atoms with Gasteiger partial charge in [-0.05, 0) is 59.5 Å². The van der Waals surface area contributed by atoms with Crippen LogP contribution in [-0.2, 0) is 13.0 Å². The molecule has 2 aromatic carbocycles. The number of rotatable bonds is 5. The molecule has 2 aliphatic rings. The van der Waals surface area contributed by atoms with Crippen molar-refractivity contribution in [3.05, 3.63) is 101 Å². The van der Waals surface area contributed by atoms with E-state index in [0.717, 1.165) is 58.9 Å². The van der Waals surface area contributed by atoms with Gasteiger partial charge < -0.3 is 9.32 Å². The summed E-state index contributed by atoms with van der Waals surface area (Å²) in [7, 11) is 0. The molecule has 1 saturated heterocycles. The summed E-state index contributed by atoms with van der Waals surface area (Å²) < 4.78 is 6.27. The summed E-state index contributed by atoms with van der Waals surface area (Å²) in [6, 6.07) is 19.4. The number of benzene rings is 2. The number of piperazine rings is 1. The number of nitrogens with zero attached hydrogens (tertiary/aromatic N) is 3. The number of fused-ring (bicyclic) bond motifs is 1. The van der Waals surface area contributed by atoms with Crippen LogP contribution < -0.4 is 0 Å². The molecule has 1 amide bonds. The molecular weight excluding hydrogens is 486 g/mol. The maximum Gasteiger partial charge on any atom is 0.289 e. The lowest BCUT2D eigenvalue weighted by molar-refractivity contribution is 0.0598. The number of hydrogen-bond donors (Lipinski definition) is 0. The van der Waals surface area contributed by atoms with Crippen LogP contribution in [0.5, 0.6) is 0 Å². The summed E-state index contributed by atoms with van der Waals surface area (Å²) in [6.45, 7) is 3.68. The van der Waals surface area contributed by atoms with Crippen molar-refractivity contribution in [1.29, 1.82) is 0 Å².